The predicted octanol–water partition coefficient (Wildman–Crippen LogP) is 6.65. The number of aromatic hydroxyl groups is 1. The number of nitrogens with zero attached hydrogens (tertiary/aromatic N) is 2. The minimum Gasteiger partial charge on any atom is -0.505 e. The summed E-state index contributed by atoms with van der Waals surface area (Å²) in [5, 5.41) is 15.6. The Kier molecular flexibility index (Phi) is 8.47. The molecule has 1 aliphatic rings. The first-order chi connectivity index (χ1) is 20.6. The van der Waals surface area contributed by atoms with Crippen LogP contribution in [0.1, 0.15) is 33.0 Å². The van der Waals surface area contributed by atoms with Crippen LogP contribution in [0.3, 0.4) is 0 Å². The molecule has 0 radical (unpaired) electrons. The van der Waals surface area contributed by atoms with Gasteiger partial charge in [0, 0.05) is 54.8 Å². The van der Waals surface area contributed by atoms with E-state index in [0.717, 1.165) is 49.5 Å². The zero-order valence-electron chi connectivity index (χ0n) is 23.2. The van der Waals surface area contributed by atoms with Crippen molar-refractivity contribution in [1.82, 2.24) is 15.2 Å². The highest BCUT2D eigenvalue weighted by molar-refractivity contribution is 6.35. The molecule has 212 valence electrons. The molecule has 2 heterocycles. The molecule has 1 aliphatic heterocycles. The van der Waals surface area contributed by atoms with Gasteiger partial charge >= 0.3 is 0 Å². The number of fused-ring (bicyclic) bond motifs is 1. The number of rotatable bonds is 8. The van der Waals surface area contributed by atoms with Crippen molar-refractivity contribution in [3.8, 4) is 16.9 Å². The van der Waals surface area contributed by atoms with Crippen LogP contribution in [0.15, 0.2) is 103 Å². The Hall–Kier alpha value is -4.23. The molecule has 0 saturated carbocycles. The maximum absolute atomic E-state index is 13.3. The van der Waals surface area contributed by atoms with Crippen molar-refractivity contribution in [1.29, 1.82) is 0 Å². The van der Waals surface area contributed by atoms with Gasteiger partial charge in [-0.25, -0.2) is 0 Å². The number of carbonyl (C=O) groups is 1. The first kappa shape index (κ1) is 27.9. The van der Waals surface area contributed by atoms with Gasteiger partial charge in [-0.15, -0.1) is 0 Å². The van der Waals surface area contributed by atoms with Crippen LogP contribution in [-0.2, 0) is 11.3 Å². The van der Waals surface area contributed by atoms with Crippen LogP contribution in [0.25, 0.3) is 22.0 Å². The van der Waals surface area contributed by atoms with Crippen molar-refractivity contribution in [3.63, 3.8) is 0 Å². The van der Waals surface area contributed by atoms with Crippen molar-refractivity contribution in [2.45, 2.75) is 12.5 Å². The lowest BCUT2D eigenvalue weighted by Gasteiger charge is -2.27. The van der Waals surface area contributed by atoms with Gasteiger partial charge in [-0.2, -0.15) is 0 Å². The van der Waals surface area contributed by atoms with E-state index < -0.39 is 0 Å². The molecule has 6 rings (SSSR count). The van der Waals surface area contributed by atoms with Gasteiger partial charge in [0.05, 0.1) is 18.2 Å². The van der Waals surface area contributed by atoms with E-state index in [1.807, 2.05) is 60.7 Å². The van der Waals surface area contributed by atoms with E-state index in [9.17, 15) is 9.90 Å². The van der Waals surface area contributed by atoms with E-state index in [2.05, 4.69) is 39.5 Å². The number of hydrogen-bond acceptors (Lipinski definition) is 5. The van der Waals surface area contributed by atoms with Crippen molar-refractivity contribution >= 4 is 28.4 Å². The van der Waals surface area contributed by atoms with Crippen molar-refractivity contribution < 1.29 is 14.6 Å². The molecule has 5 aromatic rings. The maximum atomic E-state index is 13.3. The van der Waals surface area contributed by atoms with Gasteiger partial charge < -0.3 is 15.2 Å². The third-order valence-corrected chi connectivity index (χ3v) is 8.15. The molecule has 1 amide bonds. The van der Waals surface area contributed by atoms with Gasteiger partial charge in [-0.05, 0) is 52.6 Å². The van der Waals surface area contributed by atoms with Crippen LogP contribution in [0.2, 0.25) is 5.02 Å². The zero-order chi connectivity index (χ0) is 28.9. The van der Waals surface area contributed by atoms with Gasteiger partial charge in [-0.3, -0.25) is 14.7 Å². The fourth-order valence-corrected chi connectivity index (χ4v) is 5.76. The summed E-state index contributed by atoms with van der Waals surface area (Å²) in [6, 6.07) is 31.4. The van der Waals surface area contributed by atoms with E-state index >= 15 is 0 Å². The molecular weight excluding hydrogens is 546 g/mol. The monoisotopic (exact) mass is 577 g/mol. The molecule has 0 bridgehead atoms. The van der Waals surface area contributed by atoms with Crippen LogP contribution in [0.4, 0.5) is 0 Å². The topological polar surface area (TPSA) is 74.7 Å². The second-order valence-electron chi connectivity index (χ2n) is 10.5. The Morgan fingerprint density at radius 3 is 2.38 bits per heavy atom. The summed E-state index contributed by atoms with van der Waals surface area (Å²) in [6.45, 7) is 4.46. The second kappa shape index (κ2) is 12.7. The van der Waals surface area contributed by atoms with E-state index in [1.54, 1.807) is 18.3 Å². The number of ether oxygens (including phenoxy) is 1. The molecule has 1 unspecified atom stereocenters. The number of phenolic OH excluding ortho intramolecular Hbond substituents is 1. The summed E-state index contributed by atoms with van der Waals surface area (Å²) < 4.78 is 5.48. The average Bonchev–Trinajstić information content (AvgIpc) is 3.05. The maximum Gasteiger partial charge on any atom is 0.251 e. The fourth-order valence-electron chi connectivity index (χ4n) is 5.49. The molecule has 0 spiro atoms. The lowest BCUT2D eigenvalue weighted by molar-refractivity contribution is 0.0342. The van der Waals surface area contributed by atoms with Crippen LogP contribution in [-0.4, -0.2) is 53.7 Å². The molecule has 1 saturated heterocycles. The Morgan fingerprint density at radius 2 is 1.64 bits per heavy atom. The highest BCUT2D eigenvalue weighted by Gasteiger charge is 2.23. The third kappa shape index (κ3) is 6.16. The number of phenols is 1. The fraction of sp³-hybridized carbons (Fsp3) is 0.200. The average molecular weight is 578 g/mol. The molecule has 2 N–H and O–H groups in total. The Labute approximate surface area is 250 Å². The highest BCUT2D eigenvalue weighted by atomic mass is 35.5. The van der Waals surface area contributed by atoms with Gasteiger partial charge in [0.2, 0.25) is 0 Å². The van der Waals surface area contributed by atoms with Crippen LogP contribution in [0.5, 0.6) is 5.75 Å². The van der Waals surface area contributed by atoms with Crippen molar-refractivity contribution in [2.75, 3.05) is 32.8 Å². The van der Waals surface area contributed by atoms with Crippen LogP contribution in [0, 0.1) is 0 Å². The van der Waals surface area contributed by atoms with E-state index in [0.29, 0.717) is 27.1 Å². The quantitative estimate of drug-likeness (QED) is 0.216. The van der Waals surface area contributed by atoms with Crippen molar-refractivity contribution in [2.24, 2.45) is 0 Å². The van der Waals surface area contributed by atoms with Gasteiger partial charge in [0.1, 0.15) is 11.3 Å². The minimum atomic E-state index is -0.348. The summed E-state index contributed by atoms with van der Waals surface area (Å²) in [5.74, 6) is -0.467. The van der Waals surface area contributed by atoms with Gasteiger partial charge in [-0.1, -0.05) is 78.3 Å². The largest absolute Gasteiger partial charge is 0.505 e. The van der Waals surface area contributed by atoms with Gasteiger partial charge in [0.25, 0.3) is 5.91 Å². The lowest BCUT2D eigenvalue weighted by atomic mass is 9.89. The van der Waals surface area contributed by atoms with Gasteiger partial charge in [0.15, 0.2) is 0 Å². The summed E-state index contributed by atoms with van der Waals surface area (Å²) in [5.41, 5.74) is 5.93. The number of halogens is 1. The summed E-state index contributed by atoms with van der Waals surface area (Å²) in [6.07, 6.45) is 1.64. The number of hydrogen-bond donors (Lipinski definition) is 2. The number of morpholine rings is 1. The highest BCUT2D eigenvalue weighted by Crippen LogP contribution is 2.39. The third-order valence-electron chi connectivity index (χ3n) is 7.83. The number of amides is 1. The molecule has 42 heavy (non-hydrogen) atoms. The number of nitrogens with one attached hydrogen (secondary N) is 1. The zero-order valence-corrected chi connectivity index (χ0v) is 23.9. The molecule has 0 aliphatic carbocycles. The smallest absolute Gasteiger partial charge is 0.251 e. The second-order valence-corrected chi connectivity index (χ2v) is 10.9. The summed E-state index contributed by atoms with van der Waals surface area (Å²) in [4.78, 5) is 20.0. The number of aromatic nitrogens is 1. The minimum absolute atomic E-state index is 0.0684. The molecular formula is C35H32ClN3O3. The van der Waals surface area contributed by atoms with Crippen LogP contribution >= 0.6 is 11.6 Å². The Bertz CT molecular complexity index is 1670. The number of carbonyl (C=O) groups excluding carboxylic acids is 1. The van der Waals surface area contributed by atoms with Crippen molar-refractivity contribution in [3.05, 3.63) is 131 Å². The molecule has 1 aromatic heterocycles. The first-order valence-electron chi connectivity index (χ1n) is 14.2. The Balaban J connectivity index is 1.26. The summed E-state index contributed by atoms with van der Waals surface area (Å²) in [7, 11) is 0. The van der Waals surface area contributed by atoms with E-state index in [4.69, 9.17) is 16.3 Å². The lowest BCUT2D eigenvalue weighted by Crippen LogP contribution is -2.35. The molecule has 7 heteroatoms. The molecule has 6 nitrogen and oxygen atoms in total. The number of benzene rings is 4. The molecule has 1 atom stereocenters. The summed E-state index contributed by atoms with van der Waals surface area (Å²) >= 11 is 6.67. The van der Waals surface area contributed by atoms with E-state index in [-0.39, 0.29) is 24.1 Å². The predicted molar refractivity (Wildman–Crippen MR) is 167 cm³/mol. The standard InChI is InChI=1S/C35H32ClN3O3/c36-32-21-30(34(40)33-29(32)7-4-16-37-33)31(27-10-8-24(9-11-27)23-39-17-19-42-20-18-39)22-38-35(41)28-14-12-26(13-15-28)25-5-2-1-3-6-25/h1-16,21,31,40H,17-20,22-23H2,(H,38,41). The first-order valence-corrected chi connectivity index (χ1v) is 14.5. The molecule has 1 fully saturated rings. The van der Waals surface area contributed by atoms with E-state index in [1.165, 1.54) is 5.56 Å². The number of pyridine rings is 1. The molecule has 4 aromatic carbocycles. The van der Waals surface area contributed by atoms with Crippen LogP contribution < -0.4 is 5.32 Å². The SMILES string of the molecule is O=C(NCC(c1ccc(CN2CCOCC2)cc1)c1cc(Cl)c2cccnc2c1O)c1ccc(-c2ccccc2)cc1. The normalized spacial score (nSPS) is 14.5. The Morgan fingerprint density at radius 1 is 0.929 bits per heavy atom.